The Bertz CT molecular complexity index is 585. The number of hydrogen-bond acceptors (Lipinski definition) is 2. The summed E-state index contributed by atoms with van der Waals surface area (Å²) in [5.74, 6) is 2.03. The predicted molar refractivity (Wildman–Crippen MR) is 91.2 cm³/mol. The maximum atomic E-state index is 4.54. The predicted octanol–water partition coefficient (Wildman–Crippen LogP) is 4.80. The van der Waals surface area contributed by atoms with E-state index >= 15 is 0 Å². The van der Waals surface area contributed by atoms with Gasteiger partial charge in [0.05, 0.1) is 15.9 Å². The fourth-order valence-electron chi connectivity index (χ4n) is 2.39. The van der Waals surface area contributed by atoms with Gasteiger partial charge in [-0.05, 0) is 41.8 Å². The molecule has 0 radical (unpaired) electrons. The van der Waals surface area contributed by atoms with Crippen molar-refractivity contribution in [2.24, 2.45) is 7.05 Å². The summed E-state index contributed by atoms with van der Waals surface area (Å²) < 4.78 is 3.17. The summed E-state index contributed by atoms with van der Waals surface area (Å²) in [5.41, 5.74) is 6.51. The van der Waals surface area contributed by atoms with E-state index in [0.29, 0.717) is 0 Å². The van der Waals surface area contributed by atoms with Gasteiger partial charge < -0.3 is 0 Å². The zero-order valence-electron chi connectivity index (χ0n) is 12.5. The number of benzene rings is 1. The number of halogens is 1. The number of rotatable bonds is 5. The normalized spacial score (nSPS) is 11.1. The van der Waals surface area contributed by atoms with E-state index in [1.54, 1.807) is 0 Å². The van der Waals surface area contributed by atoms with Crippen molar-refractivity contribution in [1.29, 1.82) is 0 Å². The molecule has 0 saturated carbocycles. The number of hydrogen-bond donors (Lipinski definition) is 0. The highest BCUT2D eigenvalue weighted by atomic mass is 79.9. The third-order valence-corrected chi connectivity index (χ3v) is 5.22. The molecule has 2 aromatic rings. The molecule has 108 valence electrons. The molecule has 1 aromatic heterocycles. The molecule has 2 nitrogen and oxygen atoms in total. The van der Waals surface area contributed by atoms with E-state index in [9.17, 15) is 0 Å². The Labute approximate surface area is 134 Å². The number of aryl methyl sites for hydroxylation is 4. The first-order chi connectivity index (χ1) is 9.51. The van der Waals surface area contributed by atoms with Crippen LogP contribution in [-0.2, 0) is 25.0 Å². The van der Waals surface area contributed by atoms with Crippen LogP contribution in [0.5, 0.6) is 0 Å². The molecule has 0 aliphatic carbocycles. The van der Waals surface area contributed by atoms with Crippen molar-refractivity contribution in [2.75, 3.05) is 0 Å². The Morgan fingerprint density at radius 1 is 1.15 bits per heavy atom. The summed E-state index contributed by atoms with van der Waals surface area (Å²) >= 11 is 5.61. The van der Waals surface area contributed by atoms with E-state index < -0.39 is 0 Å². The second-order valence-electron chi connectivity index (χ2n) is 5.17. The van der Waals surface area contributed by atoms with Crippen molar-refractivity contribution in [3.05, 3.63) is 50.8 Å². The van der Waals surface area contributed by atoms with Gasteiger partial charge in [0.15, 0.2) is 0 Å². The molecule has 0 unspecified atom stereocenters. The molecule has 1 heterocycles. The van der Waals surface area contributed by atoms with Crippen LogP contribution < -0.4 is 0 Å². The summed E-state index contributed by atoms with van der Waals surface area (Å²) in [7, 11) is 2.02. The topological polar surface area (TPSA) is 17.8 Å². The molecule has 2 rings (SSSR count). The highest BCUT2D eigenvalue weighted by molar-refractivity contribution is 9.10. The van der Waals surface area contributed by atoms with E-state index in [4.69, 9.17) is 0 Å². The molecule has 0 bridgehead atoms. The van der Waals surface area contributed by atoms with Gasteiger partial charge in [-0.3, -0.25) is 4.68 Å². The maximum Gasteiger partial charge on any atom is 0.0767 e. The molecule has 0 spiro atoms. The lowest BCUT2D eigenvalue weighted by Gasteiger charge is -2.06. The second kappa shape index (κ2) is 6.81. The molecule has 1 aromatic carbocycles. The van der Waals surface area contributed by atoms with E-state index in [1.165, 1.54) is 26.9 Å². The van der Waals surface area contributed by atoms with Crippen LogP contribution in [0.1, 0.15) is 35.0 Å². The molecule has 20 heavy (non-hydrogen) atoms. The minimum Gasteiger partial charge on any atom is -0.270 e. The van der Waals surface area contributed by atoms with Gasteiger partial charge in [-0.25, -0.2) is 0 Å². The van der Waals surface area contributed by atoms with Crippen LogP contribution in [0.2, 0.25) is 0 Å². The molecule has 0 fully saturated rings. The Balaban J connectivity index is 2.01. The third-order valence-electron chi connectivity index (χ3n) is 3.29. The Kier molecular flexibility index (Phi) is 5.33. The SMILES string of the molecule is CCc1nn(C)c(CSCc2cc(C)cc(C)c2)c1Br. The monoisotopic (exact) mass is 352 g/mol. The number of nitrogens with zero attached hydrogens (tertiary/aromatic N) is 2. The van der Waals surface area contributed by atoms with Gasteiger partial charge in [0, 0.05) is 18.6 Å². The lowest BCUT2D eigenvalue weighted by molar-refractivity contribution is 0.719. The van der Waals surface area contributed by atoms with Gasteiger partial charge in [-0.15, -0.1) is 0 Å². The molecule has 0 amide bonds. The van der Waals surface area contributed by atoms with Crippen molar-refractivity contribution in [1.82, 2.24) is 9.78 Å². The van der Waals surface area contributed by atoms with E-state index in [0.717, 1.165) is 23.6 Å². The molecule has 0 atom stereocenters. The Hall–Kier alpha value is -0.740. The summed E-state index contributed by atoms with van der Waals surface area (Å²) in [6.07, 6.45) is 0.968. The van der Waals surface area contributed by atoms with Crippen molar-refractivity contribution >= 4 is 27.7 Å². The molecular weight excluding hydrogens is 332 g/mol. The Morgan fingerprint density at radius 3 is 2.35 bits per heavy atom. The average Bonchev–Trinajstić information content (AvgIpc) is 2.64. The van der Waals surface area contributed by atoms with Crippen molar-refractivity contribution in [3.8, 4) is 0 Å². The van der Waals surface area contributed by atoms with Crippen molar-refractivity contribution in [2.45, 2.75) is 38.7 Å². The zero-order chi connectivity index (χ0) is 14.7. The van der Waals surface area contributed by atoms with Gasteiger partial charge >= 0.3 is 0 Å². The lowest BCUT2D eigenvalue weighted by Crippen LogP contribution is -1.97. The van der Waals surface area contributed by atoms with Crippen molar-refractivity contribution < 1.29 is 0 Å². The first kappa shape index (κ1) is 15.6. The average molecular weight is 353 g/mol. The minimum atomic E-state index is 0.968. The Morgan fingerprint density at radius 2 is 1.80 bits per heavy atom. The van der Waals surface area contributed by atoms with Crippen molar-refractivity contribution in [3.63, 3.8) is 0 Å². The highest BCUT2D eigenvalue weighted by Gasteiger charge is 2.12. The minimum absolute atomic E-state index is 0.968. The standard InChI is InChI=1S/C16H21BrN2S/c1-5-14-16(17)15(19(4)18-14)10-20-9-13-7-11(2)6-12(3)8-13/h6-8H,5,9-10H2,1-4H3. The van der Waals surface area contributed by atoms with E-state index in [-0.39, 0.29) is 0 Å². The van der Waals surface area contributed by atoms with Crippen LogP contribution in [0.25, 0.3) is 0 Å². The molecule has 0 aliphatic rings. The lowest BCUT2D eigenvalue weighted by atomic mass is 10.1. The molecule has 0 saturated heterocycles. The van der Waals surface area contributed by atoms with Crippen LogP contribution in [0, 0.1) is 13.8 Å². The fraction of sp³-hybridized carbons (Fsp3) is 0.438. The second-order valence-corrected chi connectivity index (χ2v) is 6.95. The maximum absolute atomic E-state index is 4.54. The first-order valence-electron chi connectivity index (χ1n) is 6.86. The van der Waals surface area contributed by atoms with E-state index in [2.05, 4.69) is 60.0 Å². The highest BCUT2D eigenvalue weighted by Crippen LogP contribution is 2.27. The quantitative estimate of drug-likeness (QED) is 0.769. The van der Waals surface area contributed by atoms with Gasteiger partial charge in [0.2, 0.25) is 0 Å². The van der Waals surface area contributed by atoms with Gasteiger partial charge in [0.1, 0.15) is 0 Å². The number of aromatic nitrogens is 2. The smallest absolute Gasteiger partial charge is 0.0767 e. The van der Waals surface area contributed by atoms with Gasteiger partial charge in [-0.1, -0.05) is 36.2 Å². The fourth-order valence-corrected chi connectivity index (χ4v) is 4.37. The van der Waals surface area contributed by atoms with Crippen LogP contribution in [-0.4, -0.2) is 9.78 Å². The molecule has 4 heteroatoms. The van der Waals surface area contributed by atoms with Crippen LogP contribution in [0.4, 0.5) is 0 Å². The van der Waals surface area contributed by atoms with Gasteiger partial charge in [0.25, 0.3) is 0 Å². The van der Waals surface area contributed by atoms with Crippen LogP contribution >= 0.6 is 27.7 Å². The summed E-state index contributed by atoms with van der Waals surface area (Å²) in [6.45, 7) is 6.46. The molecule has 0 N–H and O–H groups in total. The zero-order valence-corrected chi connectivity index (χ0v) is 14.9. The van der Waals surface area contributed by atoms with E-state index in [1.807, 2.05) is 23.5 Å². The van der Waals surface area contributed by atoms with Crippen LogP contribution in [0.3, 0.4) is 0 Å². The third kappa shape index (κ3) is 3.67. The largest absolute Gasteiger partial charge is 0.270 e. The molecular formula is C16H21BrN2S. The van der Waals surface area contributed by atoms with Gasteiger partial charge in [-0.2, -0.15) is 16.9 Å². The number of thioether (sulfide) groups is 1. The first-order valence-corrected chi connectivity index (χ1v) is 8.81. The molecule has 0 aliphatic heterocycles. The summed E-state index contributed by atoms with van der Waals surface area (Å²) in [6, 6.07) is 6.77. The van der Waals surface area contributed by atoms with Crippen LogP contribution in [0.15, 0.2) is 22.7 Å². The summed E-state index contributed by atoms with van der Waals surface area (Å²) in [5, 5.41) is 4.54. The summed E-state index contributed by atoms with van der Waals surface area (Å²) in [4.78, 5) is 0.